The molecule has 1 fully saturated rings. The number of carbonyl (C=O) groups is 1. The minimum Gasteiger partial charge on any atom is -0.375 e. The van der Waals surface area contributed by atoms with Crippen molar-refractivity contribution < 1.29 is 13.9 Å². The molecule has 0 saturated carbocycles. The van der Waals surface area contributed by atoms with Gasteiger partial charge in [-0.25, -0.2) is 4.39 Å². The fourth-order valence-electron chi connectivity index (χ4n) is 2.29. The quantitative estimate of drug-likeness (QED) is 0.904. The third kappa shape index (κ3) is 3.76. The molecule has 1 aliphatic heterocycles. The molecule has 0 spiro atoms. The lowest BCUT2D eigenvalue weighted by Gasteiger charge is -2.35. The standard InChI is InChI=1S/C14H17BrFNO2/c1-14(2)8-10(5-6-19-14)17-13(18)11-4-3-9(15)7-12(11)16/h3-4,7,10H,5-6,8H2,1-2H3,(H,17,18). The molecular weight excluding hydrogens is 313 g/mol. The zero-order chi connectivity index (χ0) is 14.0. The number of hydrogen-bond acceptors (Lipinski definition) is 2. The second kappa shape index (κ2) is 5.59. The van der Waals surface area contributed by atoms with E-state index in [1.807, 2.05) is 13.8 Å². The van der Waals surface area contributed by atoms with Gasteiger partial charge < -0.3 is 10.1 Å². The summed E-state index contributed by atoms with van der Waals surface area (Å²) in [7, 11) is 0. The van der Waals surface area contributed by atoms with Gasteiger partial charge in [-0.1, -0.05) is 15.9 Å². The molecule has 5 heteroatoms. The predicted octanol–water partition coefficient (Wildman–Crippen LogP) is 3.28. The predicted molar refractivity (Wildman–Crippen MR) is 74.6 cm³/mol. The second-order valence-electron chi connectivity index (χ2n) is 5.40. The van der Waals surface area contributed by atoms with Crippen LogP contribution < -0.4 is 5.32 Å². The molecule has 1 N–H and O–H groups in total. The van der Waals surface area contributed by atoms with Gasteiger partial charge in [-0.15, -0.1) is 0 Å². The lowest BCUT2D eigenvalue weighted by atomic mass is 9.94. The van der Waals surface area contributed by atoms with Gasteiger partial charge in [-0.05, 0) is 44.9 Å². The minimum atomic E-state index is -0.516. The topological polar surface area (TPSA) is 38.3 Å². The fourth-order valence-corrected chi connectivity index (χ4v) is 2.62. The molecule has 0 radical (unpaired) electrons. The summed E-state index contributed by atoms with van der Waals surface area (Å²) in [6, 6.07) is 4.47. The Bertz CT molecular complexity index is 490. The van der Waals surface area contributed by atoms with E-state index in [1.165, 1.54) is 12.1 Å². The average Bonchev–Trinajstić information content (AvgIpc) is 2.27. The summed E-state index contributed by atoms with van der Waals surface area (Å²) in [5.41, 5.74) is -0.165. The summed E-state index contributed by atoms with van der Waals surface area (Å²) in [4.78, 5) is 12.0. The summed E-state index contributed by atoms with van der Waals surface area (Å²) in [5.74, 6) is -0.883. The number of rotatable bonds is 2. The summed E-state index contributed by atoms with van der Waals surface area (Å²) in [6.45, 7) is 4.60. The molecule has 1 heterocycles. The van der Waals surface area contributed by atoms with E-state index in [2.05, 4.69) is 21.2 Å². The van der Waals surface area contributed by atoms with E-state index in [4.69, 9.17) is 4.74 Å². The van der Waals surface area contributed by atoms with Crippen LogP contribution >= 0.6 is 15.9 Å². The van der Waals surface area contributed by atoms with E-state index in [0.29, 0.717) is 11.1 Å². The maximum Gasteiger partial charge on any atom is 0.254 e. The molecule has 0 aliphatic carbocycles. The number of benzene rings is 1. The highest BCUT2D eigenvalue weighted by molar-refractivity contribution is 9.10. The number of halogens is 2. The van der Waals surface area contributed by atoms with Crippen molar-refractivity contribution in [1.29, 1.82) is 0 Å². The molecule has 1 saturated heterocycles. The first-order chi connectivity index (χ1) is 8.87. The van der Waals surface area contributed by atoms with Crippen LogP contribution in [0, 0.1) is 5.82 Å². The molecule has 1 amide bonds. The molecule has 0 aromatic heterocycles. The third-order valence-corrected chi connectivity index (χ3v) is 3.70. The van der Waals surface area contributed by atoms with Crippen molar-refractivity contribution in [3.63, 3.8) is 0 Å². The van der Waals surface area contributed by atoms with Gasteiger partial charge in [0, 0.05) is 17.1 Å². The zero-order valence-electron chi connectivity index (χ0n) is 11.0. The van der Waals surface area contributed by atoms with Crippen LogP contribution in [0.5, 0.6) is 0 Å². The molecule has 19 heavy (non-hydrogen) atoms. The second-order valence-corrected chi connectivity index (χ2v) is 6.31. The number of hydrogen-bond donors (Lipinski definition) is 1. The normalized spacial score (nSPS) is 22.0. The summed E-state index contributed by atoms with van der Waals surface area (Å²) < 4.78 is 19.9. The van der Waals surface area contributed by atoms with Crippen molar-refractivity contribution >= 4 is 21.8 Å². The molecular formula is C14H17BrFNO2. The molecule has 1 aliphatic rings. The van der Waals surface area contributed by atoms with Gasteiger partial charge >= 0.3 is 0 Å². The van der Waals surface area contributed by atoms with E-state index in [9.17, 15) is 9.18 Å². The van der Waals surface area contributed by atoms with Crippen LogP contribution in [0.15, 0.2) is 22.7 Å². The Morgan fingerprint density at radius 3 is 2.89 bits per heavy atom. The van der Waals surface area contributed by atoms with Crippen molar-refractivity contribution in [1.82, 2.24) is 5.32 Å². The van der Waals surface area contributed by atoms with E-state index in [0.717, 1.165) is 12.8 Å². The summed E-state index contributed by atoms with van der Waals surface area (Å²) in [6.07, 6.45) is 1.49. The first-order valence-corrected chi connectivity index (χ1v) is 7.06. The van der Waals surface area contributed by atoms with Crippen molar-refractivity contribution in [3.05, 3.63) is 34.1 Å². The van der Waals surface area contributed by atoms with Crippen LogP contribution in [0.2, 0.25) is 0 Å². The molecule has 1 unspecified atom stereocenters. The Morgan fingerprint density at radius 1 is 1.53 bits per heavy atom. The van der Waals surface area contributed by atoms with Gasteiger partial charge in [-0.2, -0.15) is 0 Å². The highest BCUT2D eigenvalue weighted by Crippen LogP contribution is 2.24. The maximum absolute atomic E-state index is 13.7. The highest BCUT2D eigenvalue weighted by atomic mass is 79.9. The largest absolute Gasteiger partial charge is 0.375 e. The number of ether oxygens (including phenoxy) is 1. The van der Waals surface area contributed by atoms with Crippen molar-refractivity contribution in [2.45, 2.75) is 38.3 Å². The molecule has 1 atom stereocenters. The number of amides is 1. The summed E-state index contributed by atoms with van der Waals surface area (Å²) >= 11 is 3.17. The lowest BCUT2D eigenvalue weighted by molar-refractivity contribution is -0.0615. The van der Waals surface area contributed by atoms with E-state index in [-0.39, 0.29) is 23.1 Å². The van der Waals surface area contributed by atoms with Gasteiger partial charge in [0.05, 0.1) is 11.2 Å². The highest BCUT2D eigenvalue weighted by Gasteiger charge is 2.30. The average molecular weight is 330 g/mol. The van der Waals surface area contributed by atoms with Crippen LogP contribution in [-0.2, 0) is 4.74 Å². The van der Waals surface area contributed by atoms with E-state index in [1.54, 1.807) is 6.07 Å². The van der Waals surface area contributed by atoms with E-state index < -0.39 is 5.82 Å². The Hall–Kier alpha value is -0.940. The van der Waals surface area contributed by atoms with Gasteiger partial charge in [0.25, 0.3) is 5.91 Å². The first-order valence-electron chi connectivity index (χ1n) is 6.27. The van der Waals surface area contributed by atoms with Crippen LogP contribution in [0.3, 0.4) is 0 Å². The van der Waals surface area contributed by atoms with Gasteiger partial charge in [0.15, 0.2) is 0 Å². The Labute approximate surface area is 120 Å². The van der Waals surface area contributed by atoms with Gasteiger partial charge in [0.1, 0.15) is 5.82 Å². The molecule has 1 aromatic rings. The smallest absolute Gasteiger partial charge is 0.254 e. The first kappa shape index (κ1) is 14.5. The monoisotopic (exact) mass is 329 g/mol. The molecule has 3 nitrogen and oxygen atoms in total. The Kier molecular flexibility index (Phi) is 4.26. The van der Waals surface area contributed by atoms with E-state index >= 15 is 0 Å². The molecule has 104 valence electrons. The van der Waals surface area contributed by atoms with Gasteiger partial charge in [0.2, 0.25) is 0 Å². The van der Waals surface area contributed by atoms with Crippen molar-refractivity contribution in [3.8, 4) is 0 Å². The summed E-state index contributed by atoms with van der Waals surface area (Å²) in [5, 5.41) is 2.88. The van der Waals surface area contributed by atoms with Crippen molar-refractivity contribution in [2.75, 3.05) is 6.61 Å². The van der Waals surface area contributed by atoms with Crippen LogP contribution in [-0.4, -0.2) is 24.2 Å². The van der Waals surface area contributed by atoms with Crippen LogP contribution in [0.25, 0.3) is 0 Å². The fraction of sp³-hybridized carbons (Fsp3) is 0.500. The Balaban J connectivity index is 2.04. The Morgan fingerprint density at radius 2 is 2.26 bits per heavy atom. The molecule has 2 rings (SSSR count). The van der Waals surface area contributed by atoms with Gasteiger partial charge in [-0.3, -0.25) is 4.79 Å². The number of nitrogens with one attached hydrogen (secondary N) is 1. The molecule has 0 bridgehead atoms. The van der Waals surface area contributed by atoms with Crippen LogP contribution in [0.1, 0.15) is 37.0 Å². The zero-order valence-corrected chi connectivity index (χ0v) is 12.6. The third-order valence-electron chi connectivity index (χ3n) is 3.21. The number of carbonyl (C=O) groups excluding carboxylic acids is 1. The lowest BCUT2D eigenvalue weighted by Crippen LogP contribution is -2.45. The van der Waals surface area contributed by atoms with Crippen LogP contribution in [0.4, 0.5) is 4.39 Å². The minimum absolute atomic E-state index is 0.0271. The van der Waals surface area contributed by atoms with Crippen molar-refractivity contribution in [2.24, 2.45) is 0 Å². The SMILES string of the molecule is CC1(C)CC(NC(=O)c2ccc(Br)cc2F)CCO1. The molecule has 1 aromatic carbocycles. The maximum atomic E-state index is 13.7.